The Kier molecular flexibility index (Phi) is 4.15. The maximum absolute atomic E-state index is 5.75. The summed E-state index contributed by atoms with van der Waals surface area (Å²) in [4.78, 5) is 8.68. The van der Waals surface area contributed by atoms with E-state index in [1.54, 1.807) is 0 Å². The molecule has 0 unspecified atom stereocenters. The average molecular weight is 262 g/mol. The number of hydrogen-bond acceptors (Lipinski definition) is 3. The van der Waals surface area contributed by atoms with Gasteiger partial charge in [0.2, 0.25) is 5.95 Å². The zero-order chi connectivity index (χ0) is 13.0. The van der Waals surface area contributed by atoms with Crippen LogP contribution in [0.2, 0.25) is 0 Å². The van der Waals surface area contributed by atoms with E-state index in [9.17, 15) is 0 Å². The standard InChI is InChI=1S/C14H16ClN3/c1-10-7-11(2)18-14(17-10)16-9-13-5-3-12(8-15)4-6-13/h3-7H,8-9H2,1-2H3,(H,16,17,18). The lowest BCUT2D eigenvalue weighted by Crippen LogP contribution is -2.05. The highest BCUT2D eigenvalue weighted by Crippen LogP contribution is 2.09. The van der Waals surface area contributed by atoms with Crippen molar-refractivity contribution in [1.29, 1.82) is 0 Å². The Bertz CT molecular complexity index is 503. The van der Waals surface area contributed by atoms with Gasteiger partial charge in [-0.25, -0.2) is 9.97 Å². The highest BCUT2D eigenvalue weighted by molar-refractivity contribution is 6.17. The first kappa shape index (κ1) is 12.8. The number of nitrogens with one attached hydrogen (secondary N) is 1. The first-order valence-electron chi connectivity index (χ1n) is 5.87. The van der Waals surface area contributed by atoms with E-state index in [1.807, 2.05) is 32.0 Å². The van der Waals surface area contributed by atoms with Crippen molar-refractivity contribution < 1.29 is 0 Å². The fraction of sp³-hybridized carbons (Fsp3) is 0.286. The minimum atomic E-state index is 0.549. The second-order valence-corrected chi connectivity index (χ2v) is 4.55. The van der Waals surface area contributed by atoms with Gasteiger partial charge < -0.3 is 5.32 Å². The van der Waals surface area contributed by atoms with Gasteiger partial charge in [0, 0.05) is 23.8 Å². The van der Waals surface area contributed by atoms with Crippen molar-refractivity contribution >= 4 is 17.5 Å². The fourth-order valence-corrected chi connectivity index (χ4v) is 1.91. The molecule has 0 bridgehead atoms. The van der Waals surface area contributed by atoms with Crippen LogP contribution in [0.25, 0.3) is 0 Å². The molecule has 0 radical (unpaired) electrons. The molecule has 3 nitrogen and oxygen atoms in total. The van der Waals surface area contributed by atoms with Crippen molar-refractivity contribution in [1.82, 2.24) is 9.97 Å². The van der Waals surface area contributed by atoms with E-state index in [0.29, 0.717) is 18.4 Å². The van der Waals surface area contributed by atoms with Crippen LogP contribution in [-0.2, 0) is 12.4 Å². The Morgan fingerprint density at radius 2 is 1.56 bits per heavy atom. The zero-order valence-corrected chi connectivity index (χ0v) is 11.3. The summed E-state index contributed by atoms with van der Waals surface area (Å²) in [6.45, 7) is 4.65. The minimum Gasteiger partial charge on any atom is -0.350 e. The molecule has 0 aliphatic carbocycles. The molecule has 18 heavy (non-hydrogen) atoms. The van der Waals surface area contributed by atoms with E-state index in [0.717, 1.165) is 17.0 Å². The van der Waals surface area contributed by atoms with E-state index in [-0.39, 0.29) is 0 Å². The lowest BCUT2D eigenvalue weighted by atomic mass is 10.1. The summed E-state index contributed by atoms with van der Waals surface area (Å²) in [6, 6.07) is 10.2. The highest BCUT2D eigenvalue weighted by atomic mass is 35.5. The predicted octanol–water partition coefficient (Wildman–Crippen LogP) is 3.44. The number of aromatic nitrogens is 2. The smallest absolute Gasteiger partial charge is 0.223 e. The average Bonchev–Trinajstić information content (AvgIpc) is 2.36. The number of benzene rings is 1. The van der Waals surface area contributed by atoms with Gasteiger partial charge in [0.15, 0.2) is 0 Å². The number of hydrogen-bond donors (Lipinski definition) is 1. The van der Waals surface area contributed by atoms with E-state index in [4.69, 9.17) is 11.6 Å². The summed E-state index contributed by atoms with van der Waals surface area (Å²) in [5, 5.41) is 3.22. The summed E-state index contributed by atoms with van der Waals surface area (Å²) >= 11 is 5.75. The highest BCUT2D eigenvalue weighted by Gasteiger charge is 1.99. The third-order valence-corrected chi connectivity index (χ3v) is 2.92. The monoisotopic (exact) mass is 261 g/mol. The van der Waals surface area contributed by atoms with Gasteiger partial charge in [0.25, 0.3) is 0 Å². The largest absolute Gasteiger partial charge is 0.350 e. The molecule has 0 saturated carbocycles. The van der Waals surface area contributed by atoms with E-state index in [1.165, 1.54) is 5.56 Å². The van der Waals surface area contributed by atoms with E-state index in [2.05, 4.69) is 27.4 Å². The molecule has 1 N–H and O–H groups in total. The lowest BCUT2D eigenvalue weighted by Gasteiger charge is -2.07. The van der Waals surface area contributed by atoms with Crippen molar-refractivity contribution in [2.45, 2.75) is 26.3 Å². The topological polar surface area (TPSA) is 37.8 Å². The second kappa shape index (κ2) is 5.83. The normalized spacial score (nSPS) is 10.4. The summed E-state index contributed by atoms with van der Waals surface area (Å²) < 4.78 is 0. The molecule has 1 aromatic carbocycles. The Balaban J connectivity index is 2.01. The van der Waals surface area contributed by atoms with Crippen LogP contribution >= 0.6 is 11.6 Å². The fourth-order valence-electron chi connectivity index (χ4n) is 1.73. The summed E-state index contributed by atoms with van der Waals surface area (Å²) in [6.07, 6.45) is 0. The number of halogens is 1. The number of nitrogens with zero attached hydrogens (tertiary/aromatic N) is 2. The molecule has 2 rings (SSSR count). The molecule has 0 atom stereocenters. The predicted molar refractivity (Wildman–Crippen MR) is 74.8 cm³/mol. The van der Waals surface area contributed by atoms with Gasteiger partial charge in [-0.1, -0.05) is 24.3 Å². The number of aryl methyl sites for hydroxylation is 2. The molecule has 1 heterocycles. The molecule has 0 fully saturated rings. The van der Waals surface area contributed by atoms with Crippen LogP contribution in [-0.4, -0.2) is 9.97 Å². The van der Waals surface area contributed by atoms with Crippen LogP contribution in [0.15, 0.2) is 30.3 Å². The first-order chi connectivity index (χ1) is 8.67. The number of rotatable bonds is 4. The van der Waals surface area contributed by atoms with Crippen LogP contribution in [0.5, 0.6) is 0 Å². The van der Waals surface area contributed by atoms with Gasteiger partial charge in [-0.2, -0.15) is 0 Å². The number of anilines is 1. The third kappa shape index (κ3) is 3.44. The second-order valence-electron chi connectivity index (χ2n) is 4.28. The Morgan fingerprint density at radius 1 is 1.00 bits per heavy atom. The molecular weight excluding hydrogens is 246 g/mol. The van der Waals surface area contributed by atoms with E-state index >= 15 is 0 Å². The molecule has 94 valence electrons. The number of alkyl halides is 1. The molecule has 0 spiro atoms. The third-order valence-electron chi connectivity index (χ3n) is 2.61. The lowest BCUT2D eigenvalue weighted by molar-refractivity contribution is 1.00. The van der Waals surface area contributed by atoms with Crippen LogP contribution in [0.4, 0.5) is 5.95 Å². The van der Waals surface area contributed by atoms with Gasteiger partial charge in [-0.15, -0.1) is 11.6 Å². The Morgan fingerprint density at radius 3 is 2.11 bits per heavy atom. The molecule has 0 aliphatic rings. The van der Waals surface area contributed by atoms with Crippen LogP contribution in [0.1, 0.15) is 22.5 Å². The molecule has 0 amide bonds. The van der Waals surface area contributed by atoms with Crippen LogP contribution < -0.4 is 5.32 Å². The maximum atomic E-state index is 5.75. The van der Waals surface area contributed by atoms with Crippen molar-refractivity contribution in [3.63, 3.8) is 0 Å². The van der Waals surface area contributed by atoms with Crippen molar-refractivity contribution in [2.24, 2.45) is 0 Å². The van der Waals surface area contributed by atoms with Gasteiger partial charge in [0.1, 0.15) is 0 Å². The van der Waals surface area contributed by atoms with Crippen molar-refractivity contribution in [2.75, 3.05) is 5.32 Å². The minimum absolute atomic E-state index is 0.549. The maximum Gasteiger partial charge on any atom is 0.223 e. The van der Waals surface area contributed by atoms with Gasteiger partial charge in [-0.05, 0) is 31.0 Å². The molecule has 4 heteroatoms. The summed E-state index contributed by atoms with van der Waals surface area (Å²) in [5.74, 6) is 1.22. The SMILES string of the molecule is Cc1cc(C)nc(NCc2ccc(CCl)cc2)n1. The quantitative estimate of drug-likeness (QED) is 0.857. The van der Waals surface area contributed by atoms with Crippen molar-refractivity contribution in [3.8, 4) is 0 Å². The Labute approximate surface area is 112 Å². The molecule has 1 aromatic heterocycles. The van der Waals surface area contributed by atoms with Crippen LogP contribution in [0, 0.1) is 13.8 Å². The molecule has 0 saturated heterocycles. The summed E-state index contributed by atoms with van der Waals surface area (Å²) in [7, 11) is 0. The zero-order valence-electron chi connectivity index (χ0n) is 10.6. The van der Waals surface area contributed by atoms with Gasteiger partial charge >= 0.3 is 0 Å². The van der Waals surface area contributed by atoms with Crippen molar-refractivity contribution in [3.05, 3.63) is 52.8 Å². The molecular formula is C14H16ClN3. The first-order valence-corrected chi connectivity index (χ1v) is 6.41. The molecule has 2 aromatic rings. The van der Waals surface area contributed by atoms with Gasteiger partial charge in [-0.3, -0.25) is 0 Å². The molecule has 0 aliphatic heterocycles. The Hall–Kier alpha value is -1.61. The van der Waals surface area contributed by atoms with Crippen LogP contribution in [0.3, 0.4) is 0 Å². The van der Waals surface area contributed by atoms with E-state index < -0.39 is 0 Å². The summed E-state index contributed by atoms with van der Waals surface area (Å²) in [5.41, 5.74) is 4.26. The van der Waals surface area contributed by atoms with Gasteiger partial charge in [0.05, 0.1) is 0 Å².